The summed E-state index contributed by atoms with van der Waals surface area (Å²) < 4.78 is 8.71. The first-order chi connectivity index (χ1) is 16.6. The van der Waals surface area contributed by atoms with Crippen molar-refractivity contribution >= 4 is 34.7 Å². The molecule has 0 aliphatic carbocycles. The van der Waals surface area contributed by atoms with E-state index >= 15 is 0 Å². The Morgan fingerprint density at radius 2 is 2.03 bits per heavy atom. The molecule has 0 aromatic carbocycles. The number of hydrogen-bond acceptors (Lipinski definition) is 7. The molecule has 0 fully saturated rings. The first-order valence-corrected chi connectivity index (χ1v) is 11.5. The molecule has 0 aliphatic heterocycles. The monoisotopic (exact) mass is 491 g/mol. The van der Waals surface area contributed by atoms with Crippen molar-refractivity contribution in [1.29, 1.82) is 0 Å². The molecular weight excluding hydrogens is 474 g/mol. The number of hydrogen-bond donors (Lipinski definition) is 1. The minimum absolute atomic E-state index is 0.137. The Labute approximate surface area is 203 Å². The third-order valence-corrected chi connectivity index (χ3v) is 6.29. The number of rotatable bonds is 7. The molecule has 0 bridgehead atoms. The van der Waals surface area contributed by atoms with Gasteiger partial charge in [0, 0.05) is 23.3 Å². The summed E-state index contributed by atoms with van der Waals surface area (Å²) in [6.45, 7) is 0.760. The van der Waals surface area contributed by atoms with Crippen molar-refractivity contribution in [2.75, 3.05) is 5.32 Å². The molecule has 0 spiro atoms. The molecule has 5 aromatic rings. The number of nitrogens with one attached hydrogen (secondary N) is 1. The van der Waals surface area contributed by atoms with Gasteiger partial charge in [0.1, 0.15) is 11.5 Å². The van der Waals surface area contributed by atoms with Crippen LogP contribution in [0, 0.1) is 0 Å². The fraction of sp³-hybridized carbons (Fsp3) is 0.0833. The molecule has 1 N–H and O–H groups in total. The minimum Gasteiger partial charge on any atom is -0.459 e. The Bertz CT molecular complexity index is 1490. The second-order valence-electron chi connectivity index (χ2n) is 7.34. The van der Waals surface area contributed by atoms with Crippen molar-refractivity contribution in [3.63, 3.8) is 0 Å². The summed E-state index contributed by atoms with van der Waals surface area (Å²) in [5.74, 6) is 0.116. The standard InChI is InChI=1S/C24H18ClN5O3S/c25-21-9-8-17(34-21)14-27-22-13-19(28-30(22)24(32)20-7-4-12-33-20)18-6-3-11-29(23(18)31)15-16-5-1-2-10-26-16/h1-13,27H,14-15H2. The van der Waals surface area contributed by atoms with E-state index in [1.54, 1.807) is 47.3 Å². The van der Waals surface area contributed by atoms with Crippen molar-refractivity contribution in [1.82, 2.24) is 19.3 Å². The zero-order chi connectivity index (χ0) is 23.5. The Morgan fingerprint density at radius 1 is 1.12 bits per heavy atom. The lowest BCUT2D eigenvalue weighted by Crippen LogP contribution is -2.22. The predicted octanol–water partition coefficient (Wildman–Crippen LogP) is 4.76. The summed E-state index contributed by atoms with van der Waals surface area (Å²) in [4.78, 5) is 31.5. The fourth-order valence-corrected chi connectivity index (χ4v) is 4.47. The van der Waals surface area contributed by atoms with Crippen molar-refractivity contribution < 1.29 is 9.21 Å². The molecule has 8 nitrogen and oxygen atoms in total. The van der Waals surface area contributed by atoms with Crippen LogP contribution in [0.2, 0.25) is 4.34 Å². The number of furan rings is 1. The summed E-state index contributed by atoms with van der Waals surface area (Å²) in [7, 11) is 0. The van der Waals surface area contributed by atoms with E-state index in [9.17, 15) is 9.59 Å². The Kier molecular flexibility index (Phi) is 6.11. The van der Waals surface area contributed by atoms with Gasteiger partial charge >= 0.3 is 5.91 Å². The average molecular weight is 492 g/mol. The van der Waals surface area contributed by atoms with Crippen LogP contribution in [0.15, 0.2) is 88.5 Å². The Morgan fingerprint density at radius 3 is 2.76 bits per heavy atom. The molecule has 5 heterocycles. The number of anilines is 1. The van der Waals surface area contributed by atoms with Crippen LogP contribution < -0.4 is 10.9 Å². The maximum absolute atomic E-state index is 13.2. The van der Waals surface area contributed by atoms with Gasteiger partial charge in [-0.15, -0.1) is 11.3 Å². The van der Waals surface area contributed by atoms with Crippen LogP contribution in [0.3, 0.4) is 0 Å². The molecule has 0 saturated heterocycles. The molecule has 10 heteroatoms. The van der Waals surface area contributed by atoms with Crippen LogP contribution in [0.1, 0.15) is 21.1 Å². The summed E-state index contributed by atoms with van der Waals surface area (Å²) in [6, 6.07) is 17.6. The van der Waals surface area contributed by atoms with Crippen LogP contribution in [0.4, 0.5) is 5.82 Å². The SMILES string of the molecule is O=C(c1ccco1)n1nc(-c2cccn(Cc3ccccn3)c2=O)cc1NCc1ccc(Cl)s1. The lowest BCUT2D eigenvalue weighted by molar-refractivity contribution is 0.0920. The normalized spacial score (nSPS) is 11.0. The molecule has 0 saturated carbocycles. The second-order valence-corrected chi connectivity index (χ2v) is 9.14. The van der Waals surface area contributed by atoms with E-state index in [1.807, 2.05) is 30.3 Å². The van der Waals surface area contributed by atoms with Crippen molar-refractivity contribution in [3.8, 4) is 11.3 Å². The van der Waals surface area contributed by atoms with E-state index in [2.05, 4.69) is 15.4 Å². The van der Waals surface area contributed by atoms with Gasteiger partial charge in [0.05, 0.1) is 34.9 Å². The highest BCUT2D eigenvalue weighted by molar-refractivity contribution is 7.16. The topological polar surface area (TPSA) is 94.9 Å². The van der Waals surface area contributed by atoms with Crippen LogP contribution in [0.25, 0.3) is 11.3 Å². The van der Waals surface area contributed by atoms with Gasteiger partial charge in [-0.2, -0.15) is 9.78 Å². The average Bonchev–Trinajstić information content (AvgIpc) is 3.61. The van der Waals surface area contributed by atoms with Gasteiger partial charge in [-0.25, -0.2) is 0 Å². The molecule has 5 aromatic heterocycles. The summed E-state index contributed by atoms with van der Waals surface area (Å²) in [5.41, 5.74) is 1.26. The van der Waals surface area contributed by atoms with Gasteiger partial charge in [-0.1, -0.05) is 17.7 Å². The molecule has 0 amide bonds. The lowest BCUT2D eigenvalue weighted by Gasteiger charge is -2.06. The number of carbonyl (C=O) groups is 1. The second kappa shape index (κ2) is 9.50. The van der Waals surface area contributed by atoms with Crippen molar-refractivity contribution in [2.45, 2.75) is 13.1 Å². The van der Waals surface area contributed by atoms with Gasteiger partial charge in [0.15, 0.2) is 5.76 Å². The van der Waals surface area contributed by atoms with Crippen LogP contribution in [0.5, 0.6) is 0 Å². The summed E-state index contributed by atoms with van der Waals surface area (Å²) >= 11 is 7.47. The van der Waals surface area contributed by atoms with Gasteiger partial charge in [0.25, 0.3) is 5.56 Å². The van der Waals surface area contributed by atoms with E-state index < -0.39 is 5.91 Å². The lowest BCUT2D eigenvalue weighted by atomic mass is 10.2. The van der Waals surface area contributed by atoms with Crippen molar-refractivity contribution in [3.05, 3.63) is 110 Å². The number of aromatic nitrogens is 4. The molecule has 0 unspecified atom stereocenters. The van der Waals surface area contributed by atoms with E-state index in [0.29, 0.717) is 34.5 Å². The molecular formula is C24H18ClN5O3S. The number of carbonyl (C=O) groups excluding carboxylic acids is 1. The highest BCUT2D eigenvalue weighted by atomic mass is 35.5. The van der Waals surface area contributed by atoms with Crippen LogP contribution >= 0.6 is 22.9 Å². The van der Waals surface area contributed by atoms with Gasteiger partial charge in [0.2, 0.25) is 0 Å². The quantitative estimate of drug-likeness (QED) is 0.352. The van der Waals surface area contributed by atoms with Crippen LogP contribution in [-0.2, 0) is 13.1 Å². The third-order valence-electron chi connectivity index (χ3n) is 5.06. The number of thiophene rings is 1. The molecule has 0 atom stereocenters. The summed E-state index contributed by atoms with van der Waals surface area (Å²) in [6.07, 6.45) is 4.81. The minimum atomic E-state index is -0.451. The predicted molar refractivity (Wildman–Crippen MR) is 130 cm³/mol. The maximum atomic E-state index is 13.2. The van der Waals surface area contributed by atoms with Crippen LogP contribution in [-0.4, -0.2) is 25.2 Å². The molecule has 0 radical (unpaired) electrons. The zero-order valence-corrected chi connectivity index (χ0v) is 19.3. The number of halogens is 1. The molecule has 0 aliphatic rings. The van der Waals surface area contributed by atoms with Gasteiger partial charge < -0.3 is 14.3 Å². The smallest absolute Gasteiger partial charge is 0.315 e. The van der Waals surface area contributed by atoms with E-state index in [1.165, 1.54) is 22.3 Å². The number of nitrogens with zero attached hydrogens (tertiary/aromatic N) is 4. The van der Waals surface area contributed by atoms with E-state index in [4.69, 9.17) is 16.0 Å². The fourth-order valence-electron chi connectivity index (χ4n) is 3.44. The zero-order valence-electron chi connectivity index (χ0n) is 17.7. The maximum Gasteiger partial charge on any atom is 0.315 e. The van der Waals surface area contributed by atoms with E-state index in [-0.39, 0.29) is 11.3 Å². The molecule has 5 rings (SSSR count). The van der Waals surface area contributed by atoms with Gasteiger partial charge in [-0.05, 0) is 48.5 Å². The molecule has 170 valence electrons. The first kappa shape index (κ1) is 21.9. The van der Waals surface area contributed by atoms with Crippen molar-refractivity contribution in [2.24, 2.45) is 0 Å². The Balaban J connectivity index is 1.51. The van der Waals surface area contributed by atoms with E-state index in [0.717, 1.165) is 10.6 Å². The highest BCUT2D eigenvalue weighted by Crippen LogP contribution is 2.25. The Hall–Kier alpha value is -3.95. The number of pyridine rings is 2. The summed E-state index contributed by atoms with van der Waals surface area (Å²) in [5, 5.41) is 7.68. The van der Waals surface area contributed by atoms with Gasteiger partial charge in [-0.3, -0.25) is 14.6 Å². The largest absolute Gasteiger partial charge is 0.459 e. The highest BCUT2D eigenvalue weighted by Gasteiger charge is 2.21. The molecule has 34 heavy (non-hydrogen) atoms. The third kappa shape index (κ3) is 4.57. The first-order valence-electron chi connectivity index (χ1n) is 10.3.